The molecule has 3 heterocycles. The number of carbonyl (C=O) groups is 2. The van der Waals surface area contributed by atoms with Gasteiger partial charge in [-0.25, -0.2) is 4.98 Å². The van der Waals surface area contributed by atoms with E-state index in [9.17, 15) is 19.8 Å². The third-order valence-corrected chi connectivity index (χ3v) is 8.58. The van der Waals surface area contributed by atoms with Crippen LogP contribution in [-0.4, -0.2) is 51.4 Å². The number of allylic oxidation sites excluding steroid dienone is 1. The molecule has 206 valence electrons. The summed E-state index contributed by atoms with van der Waals surface area (Å²) >= 11 is 1.59. The molecule has 1 fully saturated rings. The van der Waals surface area contributed by atoms with E-state index in [0.717, 1.165) is 23.5 Å². The molecule has 3 N–H and O–H groups in total. The SMILES string of the molecule is CC1=CCC(C=Cc2csc(C)n2)NC(=O)CCC(C)(C)C(=O)C(CCC2CO2)C(O)(O)C(C)CCC1. The van der Waals surface area contributed by atoms with Crippen molar-refractivity contribution >= 4 is 29.1 Å². The van der Waals surface area contributed by atoms with Crippen molar-refractivity contribution in [2.75, 3.05) is 6.61 Å². The Kier molecular flexibility index (Phi) is 10.3. The Morgan fingerprint density at radius 2 is 1.95 bits per heavy atom. The van der Waals surface area contributed by atoms with Crippen LogP contribution in [0, 0.1) is 24.2 Å². The molecule has 0 bridgehead atoms. The Labute approximate surface area is 225 Å². The summed E-state index contributed by atoms with van der Waals surface area (Å²) in [5.41, 5.74) is 1.20. The molecule has 37 heavy (non-hydrogen) atoms. The van der Waals surface area contributed by atoms with Gasteiger partial charge in [0.25, 0.3) is 0 Å². The Morgan fingerprint density at radius 1 is 1.22 bits per heavy atom. The predicted molar refractivity (Wildman–Crippen MR) is 147 cm³/mol. The largest absolute Gasteiger partial charge is 0.373 e. The molecule has 7 nitrogen and oxygen atoms in total. The number of hydrogen-bond donors (Lipinski definition) is 3. The number of epoxide rings is 1. The Morgan fingerprint density at radius 3 is 2.59 bits per heavy atom. The number of nitrogens with one attached hydrogen (secondary N) is 1. The Bertz CT molecular complexity index is 992. The highest BCUT2D eigenvalue weighted by Crippen LogP contribution is 2.39. The van der Waals surface area contributed by atoms with Crippen LogP contribution in [0.4, 0.5) is 0 Å². The Balaban J connectivity index is 1.81. The van der Waals surface area contributed by atoms with E-state index < -0.39 is 23.0 Å². The highest BCUT2D eigenvalue weighted by molar-refractivity contribution is 7.09. The minimum Gasteiger partial charge on any atom is -0.373 e. The van der Waals surface area contributed by atoms with Crippen LogP contribution in [0.1, 0.15) is 89.8 Å². The second-order valence-corrected chi connectivity index (χ2v) is 12.6. The van der Waals surface area contributed by atoms with Gasteiger partial charge in [0.2, 0.25) is 5.91 Å². The fourth-order valence-corrected chi connectivity index (χ4v) is 5.53. The molecule has 1 amide bonds. The summed E-state index contributed by atoms with van der Waals surface area (Å²) in [5.74, 6) is -3.82. The number of aromatic nitrogens is 1. The lowest BCUT2D eigenvalue weighted by Crippen LogP contribution is -2.51. The van der Waals surface area contributed by atoms with E-state index in [-0.39, 0.29) is 30.3 Å². The number of carbonyl (C=O) groups excluding carboxylic acids is 2. The first-order valence-electron chi connectivity index (χ1n) is 13.5. The predicted octanol–water partition coefficient (Wildman–Crippen LogP) is 4.96. The molecule has 0 aromatic carbocycles. The van der Waals surface area contributed by atoms with Gasteiger partial charge in [0.15, 0.2) is 5.79 Å². The first-order chi connectivity index (χ1) is 17.4. The van der Waals surface area contributed by atoms with E-state index in [1.165, 1.54) is 5.57 Å². The van der Waals surface area contributed by atoms with Gasteiger partial charge in [0, 0.05) is 23.1 Å². The molecule has 0 radical (unpaired) electrons. The molecule has 4 atom stereocenters. The van der Waals surface area contributed by atoms with Crippen molar-refractivity contribution < 1.29 is 24.5 Å². The standard InChI is InChI=1S/C29H44N2O5S/c1-19-7-6-8-20(2)29(34,35)25(14-13-24-17-36-24)27(33)28(4,5)16-15-26(32)31-22(10-9-19)11-12-23-18-37-21(3)30-23/h9,11-12,18,20,22,24-25,34-35H,6-8,10,13-17H2,1-5H3,(H,31,32). The van der Waals surface area contributed by atoms with Crippen LogP contribution in [0.2, 0.25) is 0 Å². The number of thiazole rings is 1. The lowest BCUT2D eigenvalue weighted by molar-refractivity contribution is -0.235. The van der Waals surface area contributed by atoms with Gasteiger partial charge in [-0.1, -0.05) is 38.5 Å². The molecule has 0 saturated carbocycles. The quantitative estimate of drug-likeness (QED) is 0.281. The van der Waals surface area contributed by atoms with Crippen LogP contribution in [0.25, 0.3) is 6.08 Å². The number of nitrogens with zero attached hydrogens (tertiary/aromatic N) is 1. The second-order valence-electron chi connectivity index (χ2n) is 11.5. The maximum atomic E-state index is 13.7. The number of aryl methyl sites for hydroxylation is 1. The summed E-state index contributed by atoms with van der Waals surface area (Å²) in [6, 6.07) is -0.177. The number of aliphatic hydroxyl groups is 2. The first kappa shape index (κ1) is 29.7. The van der Waals surface area contributed by atoms with Crippen molar-refractivity contribution in [2.45, 2.75) is 104 Å². The summed E-state index contributed by atoms with van der Waals surface area (Å²) in [6.45, 7) is 10.1. The summed E-state index contributed by atoms with van der Waals surface area (Å²) in [6.07, 6.45) is 10.5. The van der Waals surface area contributed by atoms with Crippen LogP contribution in [0.5, 0.6) is 0 Å². The van der Waals surface area contributed by atoms with Crippen LogP contribution >= 0.6 is 11.3 Å². The highest BCUT2D eigenvalue weighted by atomic mass is 32.1. The first-order valence-corrected chi connectivity index (χ1v) is 14.4. The van der Waals surface area contributed by atoms with Crippen molar-refractivity contribution in [1.82, 2.24) is 10.3 Å². The molecular weight excluding hydrogens is 488 g/mol. The minimum atomic E-state index is -2.11. The van der Waals surface area contributed by atoms with Gasteiger partial charge >= 0.3 is 0 Å². The van der Waals surface area contributed by atoms with Crippen molar-refractivity contribution in [2.24, 2.45) is 17.3 Å². The van der Waals surface area contributed by atoms with Gasteiger partial charge in [-0.15, -0.1) is 11.3 Å². The molecule has 0 spiro atoms. The number of ether oxygens (including phenoxy) is 1. The zero-order valence-corrected chi connectivity index (χ0v) is 23.8. The van der Waals surface area contributed by atoms with Gasteiger partial charge in [0.05, 0.1) is 35.4 Å². The average molecular weight is 533 g/mol. The van der Waals surface area contributed by atoms with E-state index in [1.807, 2.05) is 31.4 Å². The van der Waals surface area contributed by atoms with Crippen LogP contribution in [-0.2, 0) is 14.3 Å². The van der Waals surface area contributed by atoms with Crippen LogP contribution in [0.3, 0.4) is 0 Å². The smallest absolute Gasteiger partial charge is 0.220 e. The number of rotatable bonds is 5. The lowest BCUT2D eigenvalue weighted by Gasteiger charge is -2.39. The number of Topliss-reactive ketones (excluding diaryl/α,β-unsaturated/α-hetero) is 1. The summed E-state index contributed by atoms with van der Waals surface area (Å²) < 4.78 is 5.32. The number of hydrogen-bond acceptors (Lipinski definition) is 7. The molecular formula is C29H44N2O5S. The van der Waals surface area contributed by atoms with Gasteiger partial charge in [0.1, 0.15) is 5.78 Å². The van der Waals surface area contributed by atoms with Gasteiger partial charge in [-0.3, -0.25) is 9.59 Å². The summed E-state index contributed by atoms with van der Waals surface area (Å²) in [7, 11) is 0. The van der Waals surface area contributed by atoms with Crippen molar-refractivity contribution in [3.63, 3.8) is 0 Å². The number of amides is 1. The molecule has 2 aliphatic rings. The minimum absolute atomic E-state index is 0.0964. The number of ketones is 1. The zero-order chi connectivity index (χ0) is 27.2. The van der Waals surface area contributed by atoms with Crippen LogP contribution in [0.15, 0.2) is 23.1 Å². The molecule has 1 aromatic rings. The van der Waals surface area contributed by atoms with E-state index in [1.54, 1.807) is 25.2 Å². The molecule has 1 saturated heterocycles. The van der Waals surface area contributed by atoms with Crippen LogP contribution < -0.4 is 5.32 Å². The molecule has 8 heteroatoms. The monoisotopic (exact) mass is 532 g/mol. The zero-order valence-electron chi connectivity index (χ0n) is 23.0. The Hall–Kier alpha value is -1.87. The molecule has 1 aromatic heterocycles. The second kappa shape index (κ2) is 12.8. The summed E-state index contributed by atoms with van der Waals surface area (Å²) in [4.78, 5) is 31.1. The third-order valence-electron chi connectivity index (χ3n) is 7.79. The van der Waals surface area contributed by atoms with Crippen molar-refractivity contribution in [3.05, 3.63) is 33.8 Å². The normalized spacial score (nSPS) is 29.6. The highest BCUT2D eigenvalue weighted by Gasteiger charge is 2.48. The van der Waals surface area contributed by atoms with Gasteiger partial charge < -0.3 is 20.3 Å². The van der Waals surface area contributed by atoms with Gasteiger partial charge in [-0.05, 0) is 64.9 Å². The average Bonchev–Trinajstić information content (AvgIpc) is 3.57. The molecule has 0 aliphatic carbocycles. The lowest BCUT2D eigenvalue weighted by atomic mass is 9.70. The van der Waals surface area contributed by atoms with Crippen molar-refractivity contribution in [3.8, 4) is 0 Å². The van der Waals surface area contributed by atoms with Gasteiger partial charge in [-0.2, -0.15) is 0 Å². The van der Waals surface area contributed by atoms with E-state index in [0.29, 0.717) is 38.7 Å². The van der Waals surface area contributed by atoms with E-state index >= 15 is 0 Å². The van der Waals surface area contributed by atoms with Crippen molar-refractivity contribution in [1.29, 1.82) is 0 Å². The maximum absolute atomic E-state index is 13.7. The fourth-order valence-electron chi connectivity index (χ4n) is 4.95. The van der Waals surface area contributed by atoms with E-state index in [2.05, 4.69) is 23.3 Å². The maximum Gasteiger partial charge on any atom is 0.220 e. The topological polar surface area (TPSA) is 112 Å². The molecule has 4 unspecified atom stereocenters. The molecule has 3 rings (SSSR count). The fraction of sp³-hybridized carbons (Fsp3) is 0.690. The summed E-state index contributed by atoms with van der Waals surface area (Å²) in [5, 5.41) is 28.6. The molecule has 2 aliphatic heterocycles. The third kappa shape index (κ3) is 8.84. The van der Waals surface area contributed by atoms with E-state index in [4.69, 9.17) is 4.74 Å².